The number of thiol groups is 1. The Labute approximate surface area is 94.5 Å². The van der Waals surface area contributed by atoms with E-state index in [1.165, 1.54) is 13.2 Å². The molecule has 0 atom stereocenters. The van der Waals surface area contributed by atoms with Gasteiger partial charge in [0.05, 0.1) is 7.11 Å². The quantitative estimate of drug-likeness (QED) is 0.610. The molecule has 82 valence electrons. The molecule has 15 heavy (non-hydrogen) atoms. The van der Waals surface area contributed by atoms with E-state index in [0.717, 1.165) is 24.2 Å². The lowest BCUT2D eigenvalue weighted by Gasteiger charge is -2.05. The minimum absolute atomic E-state index is 0.0449. The van der Waals surface area contributed by atoms with E-state index in [9.17, 15) is 9.90 Å². The standard InChI is InChI=1S/C11H14O3S/c1-14-11(13)9-7-8(3-2-6-15)4-5-10(9)12/h4-5,7,12,15H,2-3,6H2,1H3. The summed E-state index contributed by atoms with van der Waals surface area (Å²) >= 11 is 4.12. The van der Waals surface area contributed by atoms with Gasteiger partial charge in [0.1, 0.15) is 11.3 Å². The number of carbonyl (C=O) groups excluding carboxylic acids is 1. The van der Waals surface area contributed by atoms with Crippen LogP contribution in [0.1, 0.15) is 22.3 Å². The molecular weight excluding hydrogens is 212 g/mol. The predicted octanol–water partition coefficient (Wildman–Crippen LogP) is 2.04. The van der Waals surface area contributed by atoms with Gasteiger partial charge >= 0.3 is 5.97 Å². The molecule has 0 radical (unpaired) electrons. The number of rotatable bonds is 4. The molecule has 0 aliphatic heterocycles. The van der Waals surface area contributed by atoms with Crippen molar-refractivity contribution in [3.63, 3.8) is 0 Å². The van der Waals surface area contributed by atoms with E-state index in [1.54, 1.807) is 12.1 Å². The third-order valence-electron chi connectivity index (χ3n) is 2.09. The van der Waals surface area contributed by atoms with E-state index in [-0.39, 0.29) is 11.3 Å². The molecule has 0 aromatic heterocycles. The first kappa shape index (κ1) is 11.9. The monoisotopic (exact) mass is 226 g/mol. The fourth-order valence-electron chi connectivity index (χ4n) is 1.30. The third-order valence-corrected chi connectivity index (χ3v) is 2.41. The summed E-state index contributed by atoms with van der Waals surface area (Å²) in [5, 5.41) is 9.45. The summed E-state index contributed by atoms with van der Waals surface area (Å²) in [5.41, 5.74) is 1.22. The lowest BCUT2D eigenvalue weighted by atomic mass is 10.1. The summed E-state index contributed by atoms with van der Waals surface area (Å²) in [7, 11) is 1.29. The number of aromatic hydroxyl groups is 1. The average molecular weight is 226 g/mol. The molecule has 0 spiro atoms. The number of esters is 1. The van der Waals surface area contributed by atoms with E-state index in [4.69, 9.17) is 0 Å². The van der Waals surface area contributed by atoms with Crippen LogP contribution < -0.4 is 0 Å². The number of carbonyl (C=O) groups is 1. The number of benzene rings is 1. The molecule has 1 rings (SSSR count). The zero-order valence-corrected chi connectivity index (χ0v) is 9.46. The molecule has 3 nitrogen and oxygen atoms in total. The van der Waals surface area contributed by atoms with E-state index in [1.807, 2.05) is 0 Å². The van der Waals surface area contributed by atoms with Crippen LogP contribution in [0.15, 0.2) is 18.2 Å². The molecule has 0 unspecified atom stereocenters. The van der Waals surface area contributed by atoms with Gasteiger partial charge in [0, 0.05) is 0 Å². The van der Waals surface area contributed by atoms with Crippen molar-refractivity contribution in [3.05, 3.63) is 29.3 Å². The van der Waals surface area contributed by atoms with Crippen molar-refractivity contribution in [2.24, 2.45) is 0 Å². The molecule has 1 aromatic carbocycles. The Bertz CT molecular complexity index is 350. The van der Waals surface area contributed by atoms with Crippen LogP contribution in [0.3, 0.4) is 0 Å². The highest BCUT2D eigenvalue weighted by Gasteiger charge is 2.11. The number of phenols is 1. The van der Waals surface area contributed by atoms with Gasteiger partial charge in [-0.25, -0.2) is 4.79 Å². The number of hydrogen-bond acceptors (Lipinski definition) is 4. The maximum Gasteiger partial charge on any atom is 0.341 e. The molecule has 1 aromatic rings. The number of aryl methyl sites for hydroxylation is 1. The van der Waals surface area contributed by atoms with Crippen LogP contribution >= 0.6 is 12.6 Å². The maximum atomic E-state index is 11.3. The number of hydrogen-bond donors (Lipinski definition) is 2. The lowest BCUT2D eigenvalue weighted by molar-refractivity contribution is 0.0597. The highest BCUT2D eigenvalue weighted by atomic mass is 32.1. The third kappa shape index (κ3) is 3.16. The Balaban J connectivity index is 2.89. The summed E-state index contributed by atoms with van der Waals surface area (Å²) < 4.78 is 4.56. The van der Waals surface area contributed by atoms with Crippen LogP contribution in [0.2, 0.25) is 0 Å². The summed E-state index contributed by atoms with van der Waals surface area (Å²) in [6, 6.07) is 4.97. The van der Waals surface area contributed by atoms with Crippen molar-refractivity contribution >= 4 is 18.6 Å². The van der Waals surface area contributed by atoms with Crippen molar-refractivity contribution < 1.29 is 14.6 Å². The molecule has 0 saturated heterocycles. The van der Waals surface area contributed by atoms with Crippen LogP contribution in [0.5, 0.6) is 5.75 Å². The van der Waals surface area contributed by atoms with E-state index >= 15 is 0 Å². The highest BCUT2D eigenvalue weighted by Crippen LogP contribution is 2.20. The van der Waals surface area contributed by atoms with Crippen LogP contribution in [-0.2, 0) is 11.2 Å². The van der Waals surface area contributed by atoms with Crippen LogP contribution in [0.25, 0.3) is 0 Å². The van der Waals surface area contributed by atoms with Crippen molar-refractivity contribution in [3.8, 4) is 5.75 Å². The SMILES string of the molecule is COC(=O)c1cc(CCCS)ccc1O. The minimum Gasteiger partial charge on any atom is -0.507 e. The highest BCUT2D eigenvalue weighted by molar-refractivity contribution is 7.80. The number of phenolic OH excluding ortho intramolecular Hbond substituents is 1. The van der Waals surface area contributed by atoms with Crippen LogP contribution in [0, 0.1) is 0 Å². The smallest absolute Gasteiger partial charge is 0.341 e. The van der Waals surface area contributed by atoms with Crippen LogP contribution in [0.4, 0.5) is 0 Å². The first-order valence-electron chi connectivity index (χ1n) is 4.70. The second-order valence-corrected chi connectivity index (χ2v) is 3.62. The van der Waals surface area contributed by atoms with Crippen molar-refractivity contribution in [1.29, 1.82) is 0 Å². The Morgan fingerprint density at radius 2 is 2.27 bits per heavy atom. The average Bonchev–Trinajstić information content (AvgIpc) is 2.27. The Morgan fingerprint density at radius 3 is 2.87 bits per heavy atom. The molecule has 0 fully saturated rings. The van der Waals surface area contributed by atoms with Gasteiger partial charge in [-0.3, -0.25) is 0 Å². The summed E-state index contributed by atoms with van der Waals surface area (Å²) in [6.45, 7) is 0. The maximum absolute atomic E-state index is 11.3. The zero-order chi connectivity index (χ0) is 11.3. The first-order chi connectivity index (χ1) is 7.19. The van der Waals surface area contributed by atoms with Gasteiger partial charge in [0.15, 0.2) is 0 Å². The molecule has 0 aliphatic carbocycles. The van der Waals surface area contributed by atoms with Crippen molar-refractivity contribution in [2.45, 2.75) is 12.8 Å². The van der Waals surface area contributed by atoms with Crippen LogP contribution in [-0.4, -0.2) is 23.9 Å². The predicted molar refractivity (Wildman–Crippen MR) is 61.6 cm³/mol. The van der Waals surface area contributed by atoms with E-state index < -0.39 is 5.97 Å². The number of ether oxygens (including phenoxy) is 1. The Morgan fingerprint density at radius 1 is 1.53 bits per heavy atom. The molecule has 0 amide bonds. The van der Waals surface area contributed by atoms with Gasteiger partial charge in [-0.1, -0.05) is 6.07 Å². The second kappa shape index (κ2) is 5.66. The van der Waals surface area contributed by atoms with Gasteiger partial charge in [-0.2, -0.15) is 12.6 Å². The normalized spacial score (nSPS) is 10.0. The second-order valence-electron chi connectivity index (χ2n) is 3.17. The van der Waals surface area contributed by atoms with E-state index in [2.05, 4.69) is 17.4 Å². The van der Waals surface area contributed by atoms with E-state index in [0.29, 0.717) is 0 Å². The van der Waals surface area contributed by atoms with Gasteiger partial charge < -0.3 is 9.84 Å². The topological polar surface area (TPSA) is 46.5 Å². The molecular formula is C11H14O3S. The Hall–Kier alpha value is -1.16. The summed E-state index contributed by atoms with van der Waals surface area (Å²) in [4.78, 5) is 11.3. The van der Waals surface area contributed by atoms with Crippen molar-refractivity contribution in [1.82, 2.24) is 0 Å². The van der Waals surface area contributed by atoms with Crippen molar-refractivity contribution in [2.75, 3.05) is 12.9 Å². The zero-order valence-electron chi connectivity index (χ0n) is 8.56. The fourth-order valence-corrected chi connectivity index (χ4v) is 1.45. The summed E-state index contributed by atoms with van der Waals surface area (Å²) in [5.74, 6) is 0.241. The van der Waals surface area contributed by atoms with Gasteiger partial charge in [0.2, 0.25) is 0 Å². The van der Waals surface area contributed by atoms with Gasteiger partial charge in [0.25, 0.3) is 0 Å². The largest absolute Gasteiger partial charge is 0.507 e. The molecule has 0 saturated carbocycles. The molecule has 0 bridgehead atoms. The number of methoxy groups -OCH3 is 1. The summed E-state index contributed by atoms with van der Waals surface area (Å²) in [6.07, 6.45) is 1.78. The van der Waals surface area contributed by atoms with Gasteiger partial charge in [-0.05, 0) is 36.3 Å². The molecule has 0 aliphatic rings. The van der Waals surface area contributed by atoms with Gasteiger partial charge in [-0.15, -0.1) is 0 Å². The lowest BCUT2D eigenvalue weighted by Crippen LogP contribution is -2.02. The molecule has 0 heterocycles. The molecule has 1 N–H and O–H groups in total. The Kier molecular flexibility index (Phi) is 4.49. The first-order valence-corrected chi connectivity index (χ1v) is 5.33. The minimum atomic E-state index is -0.514. The fraction of sp³-hybridized carbons (Fsp3) is 0.364. The molecule has 4 heteroatoms.